The van der Waals surface area contributed by atoms with Gasteiger partial charge < -0.3 is 0 Å². The molecule has 0 bridgehead atoms. The summed E-state index contributed by atoms with van der Waals surface area (Å²) >= 11 is 0. The molecular formula is C14H18O. The number of carbonyl (C=O) groups is 1. The lowest BCUT2D eigenvalue weighted by Gasteiger charge is -2.03. The van der Waals surface area contributed by atoms with Gasteiger partial charge in [0.2, 0.25) is 0 Å². The molecule has 0 amide bonds. The zero-order valence-corrected chi connectivity index (χ0v) is 9.38. The molecule has 1 heteroatoms. The number of aryl methyl sites for hydroxylation is 2. The SMILES string of the molecule is CCCCCc1ccc2c(c1)CCC2=O. The predicted molar refractivity (Wildman–Crippen MR) is 62.3 cm³/mol. The monoisotopic (exact) mass is 202 g/mol. The fraction of sp³-hybridized carbons (Fsp3) is 0.500. The molecule has 1 aliphatic carbocycles. The fourth-order valence-corrected chi connectivity index (χ4v) is 2.24. The van der Waals surface area contributed by atoms with Crippen LogP contribution in [0.1, 0.15) is 54.1 Å². The molecule has 1 nitrogen and oxygen atoms in total. The van der Waals surface area contributed by atoms with Crippen molar-refractivity contribution in [2.45, 2.75) is 45.4 Å². The molecule has 2 rings (SSSR count). The maximum atomic E-state index is 11.4. The van der Waals surface area contributed by atoms with E-state index in [4.69, 9.17) is 0 Å². The van der Waals surface area contributed by atoms with E-state index in [1.807, 2.05) is 6.07 Å². The molecule has 0 aliphatic heterocycles. The first kappa shape index (κ1) is 10.4. The van der Waals surface area contributed by atoms with Gasteiger partial charge in [0.1, 0.15) is 0 Å². The van der Waals surface area contributed by atoms with Crippen LogP contribution >= 0.6 is 0 Å². The lowest BCUT2D eigenvalue weighted by atomic mass is 10.0. The van der Waals surface area contributed by atoms with E-state index >= 15 is 0 Å². The van der Waals surface area contributed by atoms with Crippen LogP contribution in [0.15, 0.2) is 18.2 Å². The molecule has 0 atom stereocenters. The van der Waals surface area contributed by atoms with E-state index in [1.54, 1.807) is 0 Å². The minimum absolute atomic E-state index is 0.324. The molecule has 0 N–H and O–H groups in total. The lowest BCUT2D eigenvalue weighted by Crippen LogP contribution is -1.92. The van der Waals surface area contributed by atoms with E-state index < -0.39 is 0 Å². The number of Topliss-reactive ketones (excluding diaryl/α,β-unsaturated/α-hetero) is 1. The van der Waals surface area contributed by atoms with Crippen molar-refractivity contribution in [2.24, 2.45) is 0 Å². The largest absolute Gasteiger partial charge is 0.294 e. The number of fused-ring (bicyclic) bond motifs is 1. The summed E-state index contributed by atoms with van der Waals surface area (Å²) in [5.41, 5.74) is 3.64. The van der Waals surface area contributed by atoms with Crippen LogP contribution < -0.4 is 0 Å². The van der Waals surface area contributed by atoms with Crippen LogP contribution in [0.4, 0.5) is 0 Å². The van der Waals surface area contributed by atoms with E-state index in [2.05, 4.69) is 19.1 Å². The van der Waals surface area contributed by atoms with E-state index in [9.17, 15) is 4.79 Å². The zero-order chi connectivity index (χ0) is 10.7. The topological polar surface area (TPSA) is 17.1 Å². The first-order chi connectivity index (χ1) is 7.31. The van der Waals surface area contributed by atoms with Crippen molar-refractivity contribution in [3.63, 3.8) is 0 Å². The van der Waals surface area contributed by atoms with Crippen LogP contribution in [0.5, 0.6) is 0 Å². The molecule has 0 spiro atoms. The maximum Gasteiger partial charge on any atom is 0.163 e. The van der Waals surface area contributed by atoms with Crippen LogP contribution in [-0.2, 0) is 12.8 Å². The first-order valence-electron chi connectivity index (χ1n) is 5.96. The van der Waals surface area contributed by atoms with Gasteiger partial charge in [-0.05, 0) is 30.4 Å². The zero-order valence-electron chi connectivity index (χ0n) is 9.38. The molecule has 0 saturated carbocycles. The van der Waals surface area contributed by atoms with Gasteiger partial charge in [-0.2, -0.15) is 0 Å². The summed E-state index contributed by atoms with van der Waals surface area (Å²) < 4.78 is 0. The Kier molecular flexibility index (Phi) is 3.20. The highest BCUT2D eigenvalue weighted by Gasteiger charge is 2.18. The maximum absolute atomic E-state index is 11.4. The third-order valence-electron chi connectivity index (χ3n) is 3.16. The van der Waals surface area contributed by atoms with Crippen molar-refractivity contribution < 1.29 is 4.79 Å². The second-order valence-electron chi connectivity index (χ2n) is 4.37. The second-order valence-corrected chi connectivity index (χ2v) is 4.37. The van der Waals surface area contributed by atoms with Gasteiger partial charge in [0.25, 0.3) is 0 Å². The normalized spacial score (nSPS) is 14.3. The molecule has 0 saturated heterocycles. The van der Waals surface area contributed by atoms with Gasteiger partial charge in [-0.25, -0.2) is 0 Å². The third-order valence-corrected chi connectivity index (χ3v) is 3.16. The van der Waals surface area contributed by atoms with Gasteiger partial charge in [0.05, 0.1) is 0 Å². The van der Waals surface area contributed by atoms with Crippen LogP contribution in [-0.4, -0.2) is 5.78 Å². The molecule has 1 aliphatic rings. The van der Waals surface area contributed by atoms with Gasteiger partial charge in [0, 0.05) is 12.0 Å². The average Bonchev–Trinajstić information content (AvgIpc) is 2.61. The van der Waals surface area contributed by atoms with Crippen LogP contribution in [0.2, 0.25) is 0 Å². The highest BCUT2D eigenvalue weighted by Crippen LogP contribution is 2.23. The number of unbranched alkanes of at least 4 members (excludes halogenated alkanes) is 2. The van der Waals surface area contributed by atoms with Crippen molar-refractivity contribution in [2.75, 3.05) is 0 Å². The van der Waals surface area contributed by atoms with Crippen molar-refractivity contribution in [3.05, 3.63) is 34.9 Å². The number of rotatable bonds is 4. The third kappa shape index (κ3) is 2.28. The second kappa shape index (κ2) is 4.61. The minimum atomic E-state index is 0.324. The van der Waals surface area contributed by atoms with Gasteiger partial charge in [-0.15, -0.1) is 0 Å². The molecule has 0 aromatic heterocycles. The van der Waals surface area contributed by atoms with Crippen molar-refractivity contribution in [1.82, 2.24) is 0 Å². The Bertz CT molecular complexity index is 366. The van der Waals surface area contributed by atoms with Gasteiger partial charge in [0.15, 0.2) is 5.78 Å². The molecule has 0 fully saturated rings. The van der Waals surface area contributed by atoms with E-state index in [-0.39, 0.29) is 0 Å². The van der Waals surface area contributed by atoms with E-state index in [0.717, 1.165) is 18.4 Å². The molecule has 1 aromatic carbocycles. The number of hydrogen-bond donors (Lipinski definition) is 0. The van der Waals surface area contributed by atoms with E-state index in [1.165, 1.54) is 30.4 Å². The Labute approximate surface area is 91.5 Å². The van der Waals surface area contributed by atoms with E-state index in [0.29, 0.717) is 12.2 Å². The van der Waals surface area contributed by atoms with Crippen molar-refractivity contribution >= 4 is 5.78 Å². The number of hydrogen-bond acceptors (Lipinski definition) is 1. The smallest absolute Gasteiger partial charge is 0.163 e. The Hall–Kier alpha value is -1.11. The quantitative estimate of drug-likeness (QED) is 0.682. The summed E-state index contributed by atoms with van der Waals surface area (Å²) in [6.07, 6.45) is 6.67. The first-order valence-corrected chi connectivity index (χ1v) is 5.96. The number of carbonyl (C=O) groups excluding carboxylic acids is 1. The fourth-order valence-electron chi connectivity index (χ4n) is 2.24. The Morgan fingerprint density at radius 3 is 2.87 bits per heavy atom. The summed E-state index contributed by atoms with van der Waals surface area (Å²) in [6, 6.07) is 6.37. The summed E-state index contributed by atoms with van der Waals surface area (Å²) in [5.74, 6) is 0.324. The predicted octanol–water partition coefficient (Wildman–Crippen LogP) is 3.55. The highest BCUT2D eigenvalue weighted by molar-refractivity contribution is 6.00. The van der Waals surface area contributed by atoms with Crippen molar-refractivity contribution in [1.29, 1.82) is 0 Å². The summed E-state index contributed by atoms with van der Waals surface area (Å²) in [7, 11) is 0. The van der Waals surface area contributed by atoms with Crippen LogP contribution in [0, 0.1) is 0 Å². The van der Waals surface area contributed by atoms with Crippen LogP contribution in [0.25, 0.3) is 0 Å². The lowest BCUT2D eigenvalue weighted by molar-refractivity contribution is 0.0994. The van der Waals surface area contributed by atoms with Gasteiger partial charge in [-0.1, -0.05) is 38.0 Å². The van der Waals surface area contributed by atoms with Gasteiger partial charge >= 0.3 is 0 Å². The Morgan fingerprint density at radius 1 is 1.20 bits per heavy atom. The molecule has 15 heavy (non-hydrogen) atoms. The molecular weight excluding hydrogens is 184 g/mol. The van der Waals surface area contributed by atoms with Crippen LogP contribution in [0.3, 0.4) is 0 Å². The Balaban J connectivity index is 2.06. The minimum Gasteiger partial charge on any atom is -0.294 e. The van der Waals surface area contributed by atoms with Crippen molar-refractivity contribution in [3.8, 4) is 0 Å². The summed E-state index contributed by atoms with van der Waals surface area (Å²) in [5, 5.41) is 0. The molecule has 0 radical (unpaired) electrons. The molecule has 0 heterocycles. The number of ketones is 1. The molecule has 80 valence electrons. The summed E-state index contributed by atoms with van der Waals surface area (Å²) in [6.45, 7) is 2.22. The molecule has 0 unspecified atom stereocenters. The highest BCUT2D eigenvalue weighted by atomic mass is 16.1. The average molecular weight is 202 g/mol. The Morgan fingerprint density at radius 2 is 2.07 bits per heavy atom. The standard InChI is InChI=1S/C14H18O/c1-2-3-4-5-11-6-8-13-12(10-11)7-9-14(13)15/h6,8,10H,2-5,7,9H2,1H3. The molecule has 1 aromatic rings. The van der Waals surface area contributed by atoms with Gasteiger partial charge in [-0.3, -0.25) is 4.79 Å². The number of benzene rings is 1. The summed E-state index contributed by atoms with van der Waals surface area (Å²) in [4.78, 5) is 11.4.